The first-order valence-electron chi connectivity index (χ1n) is 12.9. The van der Waals surface area contributed by atoms with Crippen LogP contribution in [0.1, 0.15) is 24.2 Å². The highest BCUT2D eigenvalue weighted by Crippen LogP contribution is 2.39. The van der Waals surface area contributed by atoms with Crippen molar-refractivity contribution in [3.63, 3.8) is 0 Å². The van der Waals surface area contributed by atoms with Gasteiger partial charge in [-0.2, -0.15) is 15.0 Å². The fourth-order valence-corrected chi connectivity index (χ4v) is 5.24. The van der Waals surface area contributed by atoms with Crippen LogP contribution >= 0.6 is 0 Å². The molecule has 2 heterocycles. The Morgan fingerprint density at radius 1 is 0.649 bits per heavy atom. The van der Waals surface area contributed by atoms with Crippen molar-refractivity contribution in [1.82, 2.24) is 19.9 Å². The van der Waals surface area contributed by atoms with Crippen molar-refractivity contribution in [2.45, 2.75) is 18.6 Å². The lowest BCUT2D eigenvalue weighted by atomic mass is 9.98. The first kappa shape index (κ1) is 23.4. The number of nitrogens with zero attached hydrogens (tertiary/aromatic N) is 5. The maximum Gasteiger partial charge on any atom is 0.148 e. The number of rotatable bonds is 8. The van der Waals surface area contributed by atoms with E-state index in [4.69, 9.17) is 14.9 Å². The lowest BCUT2D eigenvalue weighted by Gasteiger charge is -2.40. The average Bonchev–Trinajstić information content (AvgIpc) is 3.41. The Morgan fingerprint density at radius 3 is 1.68 bits per heavy atom. The number of benzene rings is 4. The molecule has 37 heavy (non-hydrogen) atoms. The summed E-state index contributed by atoms with van der Waals surface area (Å²) >= 11 is 0. The summed E-state index contributed by atoms with van der Waals surface area (Å²) in [6.45, 7) is 3.30. The molecule has 2 unspecified atom stereocenters. The molecule has 1 saturated heterocycles. The molecule has 1 fully saturated rings. The van der Waals surface area contributed by atoms with Gasteiger partial charge in [0.15, 0.2) is 0 Å². The number of aromatic nitrogens is 3. The summed E-state index contributed by atoms with van der Waals surface area (Å²) in [4.78, 5) is 6.83. The second-order valence-electron chi connectivity index (χ2n) is 9.34. The highest BCUT2D eigenvalue weighted by atomic mass is 16.5. The molecule has 6 nitrogen and oxygen atoms in total. The molecule has 4 aromatic carbocycles. The van der Waals surface area contributed by atoms with Gasteiger partial charge in [0.25, 0.3) is 0 Å². The van der Waals surface area contributed by atoms with E-state index in [1.54, 1.807) is 0 Å². The van der Waals surface area contributed by atoms with Gasteiger partial charge in [0, 0.05) is 36.9 Å². The minimum atomic E-state index is -0.162. The van der Waals surface area contributed by atoms with E-state index in [0.29, 0.717) is 0 Å². The van der Waals surface area contributed by atoms with Gasteiger partial charge in [0.05, 0.1) is 13.2 Å². The zero-order valence-electron chi connectivity index (χ0n) is 20.8. The molecule has 1 aliphatic rings. The van der Waals surface area contributed by atoms with Crippen molar-refractivity contribution < 1.29 is 4.74 Å². The Labute approximate surface area is 217 Å². The van der Waals surface area contributed by atoms with Gasteiger partial charge in [-0.25, -0.2) is 0 Å². The lowest BCUT2D eigenvalue weighted by Crippen LogP contribution is -2.42. The quantitative estimate of drug-likeness (QED) is 0.259. The smallest absolute Gasteiger partial charge is 0.148 e. The van der Waals surface area contributed by atoms with E-state index in [0.717, 1.165) is 55.1 Å². The van der Waals surface area contributed by atoms with Crippen molar-refractivity contribution in [2.75, 3.05) is 31.2 Å². The van der Waals surface area contributed by atoms with Crippen molar-refractivity contribution in [2.24, 2.45) is 0 Å². The molecule has 0 bridgehead atoms. The van der Waals surface area contributed by atoms with Crippen LogP contribution in [0.5, 0.6) is 0 Å². The van der Waals surface area contributed by atoms with Gasteiger partial charge in [-0.05, 0) is 42.0 Å². The zero-order chi connectivity index (χ0) is 24.9. The van der Waals surface area contributed by atoms with Gasteiger partial charge in [0.1, 0.15) is 17.2 Å². The monoisotopic (exact) mass is 489 g/mol. The predicted octanol–water partition coefficient (Wildman–Crippen LogP) is 6.23. The number of morpholine rings is 1. The first-order chi connectivity index (χ1) is 18.4. The maximum atomic E-state index is 5.72. The van der Waals surface area contributed by atoms with E-state index >= 15 is 0 Å². The van der Waals surface area contributed by atoms with Gasteiger partial charge < -0.3 is 9.64 Å². The van der Waals surface area contributed by atoms with Crippen LogP contribution in [0.2, 0.25) is 0 Å². The fourth-order valence-electron chi connectivity index (χ4n) is 5.24. The molecular formula is C31H31N5O. The Hall–Kier alpha value is -4.00. The largest absolute Gasteiger partial charge is 0.379 e. The summed E-state index contributed by atoms with van der Waals surface area (Å²) in [5, 5.41) is 10.00. The number of hydrogen-bond acceptors (Lipinski definition) is 5. The van der Waals surface area contributed by atoms with E-state index in [1.807, 2.05) is 29.1 Å². The number of fused-ring (bicyclic) bond motifs is 1. The van der Waals surface area contributed by atoms with Crippen LogP contribution < -0.4 is 4.90 Å². The van der Waals surface area contributed by atoms with Gasteiger partial charge in [-0.3, -0.25) is 4.90 Å². The summed E-state index contributed by atoms with van der Waals surface area (Å²) in [5.74, 6) is 0. The van der Waals surface area contributed by atoms with Crippen LogP contribution in [-0.4, -0.2) is 46.2 Å². The lowest BCUT2D eigenvalue weighted by molar-refractivity contribution is 0.0105. The van der Waals surface area contributed by atoms with Crippen LogP contribution in [0.4, 0.5) is 11.4 Å². The van der Waals surface area contributed by atoms with E-state index < -0.39 is 0 Å². The summed E-state index contributed by atoms with van der Waals surface area (Å²) in [5.41, 5.74) is 5.31. The number of hydrogen-bond donors (Lipinski definition) is 0. The Morgan fingerprint density at radius 2 is 1.14 bits per heavy atom. The molecule has 0 radical (unpaired) electrons. The maximum absolute atomic E-state index is 5.72. The second kappa shape index (κ2) is 10.9. The molecule has 0 amide bonds. The highest BCUT2D eigenvalue weighted by Gasteiger charge is 2.32. The third-order valence-electron chi connectivity index (χ3n) is 7.04. The Balaban J connectivity index is 1.50. The molecule has 0 N–H and O–H groups in total. The Bertz CT molecular complexity index is 1330. The minimum Gasteiger partial charge on any atom is -0.379 e. The van der Waals surface area contributed by atoms with Gasteiger partial charge in [0.2, 0.25) is 0 Å². The van der Waals surface area contributed by atoms with Gasteiger partial charge in [-0.15, -0.1) is 0 Å². The van der Waals surface area contributed by atoms with E-state index in [2.05, 4.69) is 101 Å². The molecule has 2 atom stereocenters. The van der Waals surface area contributed by atoms with Crippen LogP contribution in [-0.2, 0) is 4.74 Å². The van der Waals surface area contributed by atoms with Crippen LogP contribution in [0.25, 0.3) is 11.0 Å². The second-order valence-corrected chi connectivity index (χ2v) is 9.34. The minimum absolute atomic E-state index is 0.162. The van der Waals surface area contributed by atoms with Crippen LogP contribution in [0.3, 0.4) is 0 Å². The van der Waals surface area contributed by atoms with Crippen LogP contribution in [0, 0.1) is 0 Å². The number of ether oxygens (including phenoxy) is 1. The molecule has 186 valence electrons. The SMILES string of the molecule is c1ccc(C(CC(N(c2ccccc2)c2ccccc2)n2nc3ccccc3n2)N2CCOCC2)cc1. The molecule has 1 aliphatic heterocycles. The van der Waals surface area contributed by atoms with E-state index in [1.165, 1.54) is 5.56 Å². The molecule has 6 rings (SSSR count). The van der Waals surface area contributed by atoms with Crippen molar-refractivity contribution in [3.8, 4) is 0 Å². The standard InChI is InChI=1S/C31H31N5O/c1-4-12-25(13-5-1)30(34-20-22-37-23-21-34)24-31(36-32-28-18-10-11-19-29(28)33-36)35(26-14-6-2-7-15-26)27-16-8-3-9-17-27/h1-19,30-31H,20-24H2. The fraction of sp³-hybridized carbons (Fsp3) is 0.226. The third kappa shape index (κ3) is 5.12. The molecule has 6 heteroatoms. The Kier molecular flexibility index (Phi) is 6.92. The van der Waals surface area contributed by atoms with E-state index in [-0.39, 0.29) is 12.2 Å². The predicted molar refractivity (Wildman–Crippen MR) is 148 cm³/mol. The number of para-hydroxylation sites is 2. The summed E-state index contributed by atoms with van der Waals surface area (Å²) in [6.07, 6.45) is 0.639. The summed E-state index contributed by atoms with van der Waals surface area (Å²) in [6, 6.07) is 40.2. The normalized spacial score (nSPS) is 15.9. The van der Waals surface area contributed by atoms with Gasteiger partial charge >= 0.3 is 0 Å². The zero-order valence-corrected chi connectivity index (χ0v) is 20.8. The van der Waals surface area contributed by atoms with E-state index in [9.17, 15) is 0 Å². The molecule has 0 saturated carbocycles. The van der Waals surface area contributed by atoms with Crippen LogP contribution in [0.15, 0.2) is 115 Å². The van der Waals surface area contributed by atoms with Crippen molar-refractivity contribution in [1.29, 1.82) is 0 Å². The number of anilines is 2. The molecule has 0 spiro atoms. The third-order valence-corrected chi connectivity index (χ3v) is 7.04. The van der Waals surface area contributed by atoms with Crippen molar-refractivity contribution in [3.05, 3.63) is 121 Å². The molecule has 1 aromatic heterocycles. The molecule has 0 aliphatic carbocycles. The average molecular weight is 490 g/mol. The highest BCUT2D eigenvalue weighted by molar-refractivity contribution is 5.73. The molecular weight excluding hydrogens is 458 g/mol. The molecule has 5 aromatic rings. The van der Waals surface area contributed by atoms with Gasteiger partial charge in [-0.1, -0.05) is 78.9 Å². The topological polar surface area (TPSA) is 46.4 Å². The first-order valence-corrected chi connectivity index (χ1v) is 12.9. The summed E-state index contributed by atoms with van der Waals surface area (Å²) < 4.78 is 5.72. The summed E-state index contributed by atoms with van der Waals surface area (Å²) in [7, 11) is 0. The van der Waals surface area contributed by atoms with Crippen molar-refractivity contribution >= 4 is 22.4 Å².